The molecule has 1 heterocycles. The molecule has 29 heavy (non-hydrogen) atoms. The largest absolute Gasteiger partial charge is 0.416 e. The van der Waals surface area contributed by atoms with Crippen LogP contribution in [-0.2, 0) is 19.6 Å². The van der Waals surface area contributed by atoms with Gasteiger partial charge in [0.05, 0.1) is 17.5 Å². The number of aromatic nitrogens is 3. The molecule has 1 amide bonds. The number of rotatable bonds is 6. The lowest BCUT2D eigenvalue weighted by Gasteiger charge is -2.20. The van der Waals surface area contributed by atoms with E-state index in [0.717, 1.165) is 17.3 Å². The first-order valence-electron chi connectivity index (χ1n) is 8.90. The molecule has 2 aromatic carbocycles. The molecule has 0 saturated carbocycles. The zero-order chi connectivity index (χ0) is 21.0. The highest BCUT2D eigenvalue weighted by molar-refractivity contribution is 5.94. The van der Waals surface area contributed by atoms with Gasteiger partial charge in [-0.1, -0.05) is 35.5 Å². The molecule has 1 aromatic heterocycles. The van der Waals surface area contributed by atoms with Gasteiger partial charge < -0.3 is 11.1 Å². The molecule has 6 nitrogen and oxygen atoms in total. The number of benzene rings is 2. The van der Waals surface area contributed by atoms with Crippen molar-refractivity contribution in [3.05, 3.63) is 71.4 Å². The van der Waals surface area contributed by atoms with Gasteiger partial charge in [0.15, 0.2) is 0 Å². The fourth-order valence-electron chi connectivity index (χ4n) is 3.05. The van der Waals surface area contributed by atoms with Gasteiger partial charge in [-0.05, 0) is 30.2 Å². The van der Waals surface area contributed by atoms with Crippen molar-refractivity contribution in [3.8, 4) is 11.3 Å². The molecule has 0 bridgehead atoms. The van der Waals surface area contributed by atoms with Crippen LogP contribution in [0.3, 0.4) is 0 Å². The molecule has 0 aliphatic heterocycles. The first kappa shape index (κ1) is 20.5. The zero-order valence-corrected chi connectivity index (χ0v) is 15.6. The smallest absolute Gasteiger partial charge is 0.348 e. The summed E-state index contributed by atoms with van der Waals surface area (Å²) in [6, 6.07) is 11.4. The molecule has 0 unspecified atom stereocenters. The van der Waals surface area contributed by atoms with Crippen LogP contribution in [0.15, 0.2) is 54.7 Å². The van der Waals surface area contributed by atoms with E-state index in [1.165, 1.54) is 18.2 Å². The van der Waals surface area contributed by atoms with Crippen LogP contribution in [0.25, 0.3) is 11.3 Å². The van der Waals surface area contributed by atoms with Crippen LogP contribution in [0.5, 0.6) is 0 Å². The fourth-order valence-corrected chi connectivity index (χ4v) is 3.05. The van der Waals surface area contributed by atoms with Gasteiger partial charge in [0.25, 0.3) is 5.91 Å². The number of aryl methyl sites for hydroxylation is 1. The van der Waals surface area contributed by atoms with Gasteiger partial charge in [-0.25, -0.2) is 4.68 Å². The Hall–Kier alpha value is -3.20. The SMILES string of the molecule is Cn1nncc1-c1ccc(C(=O)N[C@@H](CN)Cc2ccccc2C(F)(F)F)cc1. The summed E-state index contributed by atoms with van der Waals surface area (Å²) in [5, 5.41) is 10.4. The monoisotopic (exact) mass is 403 g/mol. The Labute approximate surface area is 165 Å². The molecular weight excluding hydrogens is 383 g/mol. The molecule has 152 valence electrons. The van der Waals surface area contributed by atoms with Gasteiger partial charge in [-0.3, -0.25) is 4.79 Å². The molecule has 9 heteroatoms. The van der Waals surface area contributed by atoms with Crippen molar-refractivity contribution < 1.29 is 18.0 Å². The minimum absolute atomic E-state index is 0.0106. The Kier molecular flexibility index (Phi) is 5.97. The highest BCUT2D eigenvalue weighted by Gasteiger charge is 2.33. The van der Waals surface area contributed by atoms with Crippen molar-refractivity contribution in [1.29, 1.82) is 0 Å². The quantitative estimate of drug-likeness (QED) is 0.663. The number of carbonyl (C=O) groups is 1. The predicted octanol–water partition coefficient (Wildman–Crippen LogP) is 2.80. The van der Waals surface area contributed by atoms with Gasteiger partial charge in [0, 0.05) is 30.8 Å². The molecular formula is C20H20F3N5O. The molecule has 0 saturated heterocycles. The molecule has 0 aliphatic rings. The predicted molar refractivity (Wildman–Crippen MR) is 102 cm³/mol. The molecule has 3 N–H and O–H groups in total. The number of hydrogen-bond acceptors (Lipinski definition) is 4. The number of nitrogens with two attached hydrogens (primary N) is 1. The van der Waals surface area contributed by atoms with Gasteiger partial charge in [0.2, 0.25) is 0 Å². The molecule has 0 spiro atoms. The second-order valence-electron chi connectivity index (χ2n) is 6.59. The number of nitrogens with zero attached hydrogens (tertiary/aromatic N) is 3. The van der Waals surface area contributed by atoms with Gasteiger partial charge in [0.1, 0.15) is 0 Å². The summed E-state index contributed by atoms with van der Waals surface area (Å²) in [7, 11) is 1.76. The van der Waals surface area contributed by atoms with E-state index in [-0.39, 0.29) is 18.5 Å². The van der Waals surface area contributed by atoms with E-state index < -0.39 is 23.7 Å². The van der Waals surface area contributed by atoms with E-state index >= 15 is 0 Å². The van der Waals surface area contributed by atoms with Crippen molar-refractivity contribution in [1.82, 2.24) is 20.3 Å². The Bertz CT molecular complexity index is 982. The van der Waals surface area contributed by atoms with E-state index in [4.69, 9.17) is 5.73 Å². The summed E-state index contributed by atoms with van der Waals surface area (Å²) in [5.74, 6) is -0.403. The number of amides is 1. The Morgan fingerprint density at radius 1 is 1.17 bits per heavy atom. The third-order valence-electron chi connectivity index (χ3n) is 4.57. The Morgan fingerprint density at radius 3 is 2.45 bits per heavy atom. The summed E-state index contributed by atoms with van der Waals surface area (Å²) >= 11 is 0. The molecule has 3 aromatic rings. The van der Waals surface area contributed by atoms with Crippen molar-refractivity contribution in [2.45, 2.75) is 18.6 Å². The van der Waals surface area contributed by atoms with Crippen LogP contribution in [0, 0.1) is 0 Å². The standard InChI is InChI=1S/C20H20F3N5O/c1-28-18(12-25-27-28)13-6-8-14(9-7-13)19(29)26-16(11-24)10-15-4-2-3-5-17(15)20(21,22)23/h2-9,12,16H,10-11,24H2,1H3,(H,26,29)/t16-/m1/s1. The summed E-state index contributed by atoms with van der Waals surface area (Å²) in [6.45, 7) is 0.0106. The van der Waals surface area contributed by atoms with E-state index in [0.29, 0.717) is 5.56 Å². The minimum atomic E-state index is -4.46. The summed E-state index contributed by atoms with van der Waals surface area (Å²) < 4.78 is 41.2. The van der Waals surface area contributed by atoms with Gasteiger partial charge >= 0.3 is 6.18 Å². The average molecular weight is 403 g/mol. The van der Waals surface area contributed by atoms with E-state index in [1.807, 2.05) is 0 Å². The maximum Gasteiger partial charge on any atom is 0.416 e. The second-order valence-corrected chi connectivity index (χ2v) is 6.59. The van der Waals surface area contributed by atoms with Crippen LogP contribution in [0.2, 0.25) is 0 Å². The van der Waals surface area contributed by atoms with Crippen LogP contribution in [0.1, 0.15) is 21.5 Å². The summed E-state index contributed by atoms with van der Waals surface area (Å²) in [6.07, 6.45) is -2.87. The maximum atomic E-state index is 13.2. The zero-order valence-electron chi connectivity index (χ0n) is 15.6. The highest BCUT2D eigenvalue weighted by atomic mass is 19.4. The lowest BCUT2D eigenvalue weighted by Crippen LogP contribution is -2.42. The van der Waals surface area contributed by atoms with E-state index in [9.17, 15) is 18.0 Å². The van der Waals surface area contributed by atoms with Crippen LogP contribution >= 0.6 is 0 Å². The van der Waals surface area contributed by atoms with Crippen LogP contribution in [-0.4, -0.2) is 33.5 Å². The highest BCUT2D eigenvalue weighted by Crippen LogP contribution is 2.32. The minimum Gasteiger partial charge on any atom is -0.348 e. The van der Waals surface area contributed by atoms with Crippen LogP contribution in [0.4, 0.5) is 13.2 Å². The molecule has 0 aliphatic carbocycles. The van der Waals surface area contributed by atoms with E-state index in [2.05, 4.69) is 15.6 Å². The summed E-state index contributed by atoms with van der Waals surface area (Å²) in [4.78, 5) is 12.5. The molecule has 3 rings (SSSR count). The third-order valence-corrected chi connectivity index (χ3v) is 4.57. The Balaban J connectivity index is 1.72. The second kappa shape index (κ2) is 8.44. The fraction of sp³-hybridized carbons (Fsp3) is 0.250. The van der Waals surface area contributed by atoms with Crippen molar-refractivity contribution in [3.63, 3.8) is 0 Å². The lowest BCUT2D eigenvalue weighted by molar-refractivity contribution is -0.138. The van der Waals surface area contributed by atoms with Crippen molar-refractivity contribution >= 4 is 5.91 Å². The van der Waals surface area contributed by atoms with Crippen molar-refractivity contribution in [2.75, 3.05) is 6.54 Å². The summed E-state index contributed by atoms with van der Waals surface area (Å²) in [5.41, 5.74) is 7.08. The van der Waals surface area contributed by atoms with Crippen molar-refractivity contribution in [2.24, 2.45) is 12.8 Å². The lowest BCUT2D eigenvalue weighted by atomic mass is 9.99. The Morgan fingerprint density at radius 2 is 1.86 bits per heavy atom. The number of nitrogens with one attached hydrogen (secondary N) is 1. The first-order valence-corrected chi connectivity index (χ1v) is 8.90. The normalized spacial score (nSPS) is 12.6. The maximum absolute atomic E-state index is 13.2. The number of carbonyl (C=O) groups excluding carboxylic acids is 1. The third kappa shape index (κ3) is 4.80. The first-order chi connectivity index (χ1) is 13.8. The molecule has 1 atom stereocenters. The molecule has 0 fully saturated rings. The average Bonchev–Trinajstić information content (AvgIpc) is 3.13. The number of hydrogen-bond donors (Lipinski definition) is 2. The van der Waals surface area contributed by atoms with Crippen LogP contribution < -0.4 is 11.1 Å². The molecule has 0 radical (unpaired) electrons. The topological polar surface area (TPSA) is 85.8 Å². The van der Waals surface area contributed by atoms with Gasteiger partial charge in [-0.2, -0.15) is 13.2 Å². The van der Waals surface area contributed by atoms with Gasteiger partial charge in [-0.15, -0.1) is 5.10 Å². The number of halogens is 3. The number of alkyl halides is 3. The van der Waals surface area contributed by atoms with E-state index in [1.54, 1.807) is 42.2 Å².